The number of ether oxygens (including phenoxy) is 2. The lowest BCUT2D eigenvalue weighted by atomic mass is 9.76. The molecule has 0 fully saturated rings. The largest absolute Gasteiger partial charge is 0.454 e. The second-order valence-electron chi connectivity index (χ2n) is 7.87. The number of fused-ring (bicyclic) bond motifs is 2. The highest BCUT2D eigenvalue weighted by Gasteiger charge is 2.41. The summed E-state index contributed by atoms with van der Waals surface area (Å²) in [7, 11) is 0. The molecule has 0 saturated heterocycles. The van der Waals surface area contributed by atoms with E-state index in [1.807, 2.05) is 24.3 Å². The van der Waals surface area contributed by atoms with Crippen LogP contribution in [0.4, 0.5) is 11.4 Å². The molecule has 0 saturated carbocycles. The van der Waals surface area contributed by atoms with E-state index >= 15 is 0 Å². The van der Waals surface area contributed by atoms with Crippen molar-refractivity contribution in [3.63, 3.8) is 0 Å². The van der Waals surface area contributed by atoms with Crippen LogP contribution in [-0.2, 0) is 5.54 Å². The number of anilines is 2. The minimum absolute atomic E-state index is 0.193. The van der Waals surface area contributed by atoms with Gasteiger partial charge in [0.25, 0.3) is 0 Å². The second kappa shape index (κ2) is 7.17. The van der Waals surface area contributed by atoms with Crippen molar-refractivity contribution in [2.75, 3.05) is 17.8 Å². The third kappa shape index (κ3) is 2.75. The molecule has 6 rings (SSSR count). The highest BCUT2D eigenvalue weighted by Crippen LogP contribution is 2.47. The van der Waals surface area contributed by atoms with E-state index < -0.39 is 5.54 Å². The van der Waals surface area contributed by atoms with Gasteiger partial charge in [0.15, 0.2) is 11.5 Å². The highest BCUT2D eigenvalue weighted by atomic mass is 16.7. The molecule has 2 heterocycles. The van der Waals surface area contributed by atoms with Gasteiger partial charge in [0, 0.05) is 28.6 Å². The van der Waals surface area contributed by atoms with Crippen LogP contribution in [0.25, 0.3) is 0 Å². The monoisotopic (exact) mass is 419 g/mol. The van der Waals surface area contributed by atoms with Gasteiger partial charge in [-0.3, -0.25) is 0 Å². The Morgan fingerprint density at radius 3 is 2.03 bits per heavy atom. The zero-order chi connectivity index (χ0) is 21.5. The Morgan fingerprint density at radius 1 is 0.750 bits per heavy atom. The predicted octanol–water partition coefficient (Wildman–Crippen LogP) is 5.16. The van der Waals surface area contributed by atoms with Gasteiger partial charge >= 0.3 is 0 Å². The zero-order valence-corrected chi connectivity index (χ0v) is 17.3. The number of hydrogen-bond acceptors (Lipinski definition) is 5. The summed E-state index contributed by atoms with van der Waals surface area (Å²) in [4.78, 5) is 5.38. The third-order valence-corrected chi connectivity index (χ3v) is 6.03. The van der Waals surface area contributed by atoms with E-state index in [1.54, 1.807) is 6.07 Å². The highest BCUT2D eigenvalue weighted by molar-refractivity contribution is 6.14. The molecule has 0 aromatic heterocycles. The summed E-state index contributed by atoms with van der Waals surface area (Å²) in [6, 6.07) is 32.7. The summed E-state index contributed by atoms with van der Waals surface area (Å²) in [6.45, 7) is 0.193. The number of benzene rings is 4. The number of nitrogen functional groups attached to an aromatic ring is 1. The average molecular weight is 419 g/mol. The zero-order valence-electron chi connectivity index (χ0n) is 17.3. The fourth-order valence-electron chi connectivity index (χ4n) is 4.55. The number of rotatable bonds is 3. The number of hydrogen-bond donors (Lipinski definition) is 2. The molecule has 0 amide bonds. The molecule has 3 N–H and O–H groups in total. The molecule has 2 aliphatic rings. The minimum atomic E-state index is -0.734. The summed E-state index contributed by atoms with van der Waals surface area (Å²) in [5.41, 5.74) is 11.3. The van der Waals surface area contributed by atoms with Crippen LogP contribution in [0.1, 0.15) is 22.3 Å². The molecule has 5 heteroatoms. The second-order valence-corrected chi connectivity index (χ2v) is 7.87. The molecule has 0 spiro atoms. The number of para-hydroxylation sites is 1. The first-order valence-corrected chi connectivity index (χ1v) is 10.5. The van der Waals surface area contributed by atoms with Crippen molar-refractivity contribution in [2.24, 2.45) is 4.99 Å². The Kier molecular flexibility index (Phi) is 4.15. The van der Waals surface area contributed by atoms with Crippen LogP contribution in [-0.4, -0.2) is 12.6 Å². The lowest BCUT2D eigenvalue weighted by Crippen LogP contribution is -2.36. The predicted molar refractivity (Wildman–Crippen MR) is 126 cm³/mol. The van der Waals surface area contributed by atoms with Crippen LogP contribution in [0.15, 0.2) is 102 Å². The van der Waals surface area contributed by atoms with Crippen LogP contribution >= 0.6 is 0 Å². The quantitative estimate of drug-likeness (QED) is 0.450. The van der Waals surface area contributed by atoms with Gasteiger partial charge in [-0.2, -0.15) is 0 Å². The number of aliphatic imine (C=N–C) groups is 1. The molecule has 32 heavy (non-hydrogen) atoms. The molecule has 156 valence electrons. The minimum Gasteiger partial charge on any atom is -0.454 e. The van der Waals surface area contributed by atoms with Crippen molar-refractivity contribution in [2.45, 2.75) is 5.54 Å². The van der Waals surface area contributed by atoms with Gasteiger partial charge in [-0.25, -0.2) is 4.99 Å². The van der Waals surface area contributed by atoms with Crippen molar-refractivity contribution in [1.29, 1.82) is 0 Å². The van der Waals surface area contributed by atoms with Gasteiger partial charge in [-0.15, -0.1) is 0 Å². The maximum atomic E-state index is 6.45. The number of nitrogens with one attached hydrogen (secondary N) is 1. The molecular formula is C27H21N3O2. The first kappa shape index (κ1) is 18.5. The van der Waals surface area contributed by atoms with Gasteiger partial charge in [-0.05, 0) is 23.3 Å². The molecule has 4 aromatic rings. The maximum Gasteiger partial charge on any atom is 0.231 e. The average Bonchev–Trinajstić information content (AvgIpc) is 3.31. The molecule has 0 bridgehead atoms. The summed E-state index contributed by atoms with van der Waals surface area (Å²) in [5, 5.41) is 3.51. The Balaban J connectivity index is 1.67. The molecule has 0 unspecified atom stereocenters. The van der Waals surface area contributed by atoms with E-state index in [1.165, 1.54) is 0 Å². The van der Waals surface area contributed by atoms with Crippen molar-refractivity contribution in [3.05, 3.63) is 119 Å². The Morgan fingerprint density at radius 2 is 1.34 bits per heavy atom. The lowest BCUT2D eigenvalue weighted by molar-refractivity contribution is 0.174. The molecular weight excluding hydrogens is 398 g/mol. The number of nitrogens with two attached hydrogens (primary N) is 1. The van der Waals surface area contributed by atoms with Crippen LogP contribution in [0.2, 0.25) is 0 Å². The van der Waals surface area contributed by atoms with Crippen molar-refractivity contribution < 1.29 is 9.47 Å². The summed E-state index contributed by atoms with van der Waals surface area (Å²) >= 11 is 0. The normalized spacial score (nSPS) is 15.4. The molecule has 0 atom stereocenters. The van der Waals surface area contributed by atoms with E-state index in [0.29, 0.717) is 23.0 Å². The molecule has 5 nitrogen and oxygen atoms in total. The fraction of sp³-hybridized carbons (Fsp3) is 0.0741. The Hall–Kier alpha value is -4.25. The van der Waals surface area contributed by atoms with E-state index in [-0.39, 0.29) is 6.79 Å². The van der Waals surface area contributed by atoms with Crippen LogP contribution in [0.3, 0.4) is 0 Å². The van der Waals surface area contributed by atoms with Crippen molar-refractivity contribution >= 4 is 17.2 Å². The van der Waals surface area contributed by atoms with Crippen LogP contribution < -0.4 is 20.5 Å². The fourth-order valence-corrected chi connectivity index (χ4v) is 4.55. The maximum absolute atomic E-state index is 6.45. The van der Waals surface area contributed by atoms with Gasteiger partial charge in [-0.1, -0.05) is 78.9 Å². The smallest absolute Gasteiger partial charge is 0.231 e. The molecule has 4 aromatic carbocycles. The van der Waals surface area contributed by atoms with Crippen molar-refractivity contribution in [3.8, 4) is 11.5 Å². The number of amidine groups is 1. The number of nitrogens with zero attached hydrogens (tertiary/aromatic N) is 1. The standard InChI is InChI=1S/C27H21N3O2/c28-22-16-25-24(31-17-32-25)15-20(22)26-29-23-14-8-7-13-21(23)27(30-26,18-9-3-1-4-10-18)19-11-5-2-6-12-19/h1-16H,17,28H2,(H,29,30). The van der Waals surface area contributed by atoms with E-state index in [4.69, 9.17) is 20.2 Å². The lowest BCUT2D eigenvalue weighted by Gasteiger charge is -2.38. The van der Waals surface area contributed by atoms with E-state index in [2.05, 4.69) is 72.0 Å². The summed E-state index contributed by atoms with van der Waals surface area (Å²) in [5.74, 6) is 2.01. The summed E-state index contributed by atoms with van der Waals surface area (Å²) < 4.78 is 11.1. The SMILES string of the molecule is Nc1cc2c(cc1C1=NC(c3ccccc3)(c3ccccc3)c3ccccc3N1)OCO2. The molecule has 0 aliphatic carbocycles. The van der Waals surface area contributed by atoms with Gasteiger partial charge in [0.2, 0.25) is 6.79 Å². The first-order valence-electron chi connectivity index (χ1n) is 10.5. The first-order chi connectivity index (χ1) is 15.8. The Labute approximate surface area is 186 Å². The molecule has 2 aliphatic heterocycles. The van der Waals surface area contributed by atoms with Gasteiger partial charge in [0.05, 0.1) is 0 Å². The third-order valence-electron chi connectivity index (χ3n) is 6.03. The topological polar surface area (TPSA) is 68.9 Å². The van der Waals surface area contributed by atoms with Crippen LogP contribution in [0, 0.1) is 0 Å². The van der Waals surface area contributed by atoms with Crippen molar-refractivity contribution in [1.82, 2.24) is 0 Å². The Bertz CT molecular complexity index is 1290. The van der Waals surface area contributed by atoms with E-state index in [0.717, 1.165) is 27.9 Å². The van der Waals surface area contributed by atoms with Gasteiger partial charge < -0.3 is 20.5 Å². The molecule has 0 radical (unpaired) electrons. The van der Waals surface area contributed by atoms with E-state index in [9.17, 15) is 0 Å². The summed E-state index contributed by atoms with van der Waals surface area (Å²) in [6.07, 6.45) is 0. The van der Waals surface area contributed by atoms with Crippen LogP contribution in [0.5, 0.6) is 11.5 Å². The van der Waals surface area contributed by atoms with Gasteiger partial charge in [0.1, 0.15) is 11.4 Å².